The van der Waals surface area contributed by atoms with Crippen LogP contribution in [0.15, 0.2) is 23.1 Å². The molecule has 0 aromatic heterocycles. The molecule has 2 aliphatic rings. The van der Waals surface area contributed by atoms with Crippen LogP contribution in [0.5, 0.6) is 5.75 Å². The van der Waals surface area contributed by atoms with Crippen molar-refractivity contribution < 1.29 is 17.9 Å². The van der Waals surface area contributed by atoms with Crippen LogP contribution in [0.4, 0.5) is 5.69 Å². The number of anilines is 1. The lowest BCUT2D eigenvalue weighted by atomic mass is 9.85. The Kier molecular flexibility index (Phi) is 5.34. The van der Waals surface area contributed by atoms with Crippen molar-refractivity contribution in [3.05, 3.63) is 18.2 Å². The summed E-state index contributed by atoms with van der Waals surface area (Å²) in [4.78, 5) is 11.6. The van der Waals surface area contributed by atoms with E-state index in [1.807, 2.05) is 6.92 Å². The number of sulfonamides is 1. The van der Waals surface area contributed by atoms with Crippen molar-refractivity contribution in [1.82, 2.24) is 4.31 Å². The van der Waals surface area contributed by atoms with Crippen LogP contribution in [0.25, 0.3) is 0 Å². The molecule has 1 saturated carbocycles. The van der Waals surface area contributed by atoms with Gasteiger partial charge in [-0.15, -0.1) is 0 Å². The van der Waals surface area contributed by atoms with E-state index in [4.69, 9.17) is 4.74 Å². The quantitative estimate of drug-likeness (QED) is 0.869. The topological polar surface area (TPSA) is 75.7 Å². The number of rotatable bonds is 5. The SMILES string of the molecule is C[C@@H](CC1CCCCC1)N(C)S(=O)(=O)c1ccc2c(c1)NC(=O)CO2. The molecule has 1 aliphatic carbocycles. The lowest BCUT2D eigenvalue weighted by Gasteiger charge is -2.30. The summed E-state index contributed by atoms with van der Waals surface area (Å²) in [6, 6.07) is 4.55. The summed E-state index contributed by atoms with van der Waals surface area (Å²) in [7, 11) is -1.98. The smallest absolute Gasteiger partial charge is 0.262 e. The third kappa shape index (κ3) is 3.98. The Hall–Kier alpha value is -1.60. The van der Waals surface area contributed by atoms with Gasteiger partial charge in [0.2, 0.25) is 10.0 Å². The first kappa shape index (κ1) is 18.2. The second-order valence-corrected chi connectivity index (χ2v) is 9.10. The van der Waals surface area contributed by atoms with Gasteiger partial charge >= 0.3 is 0 Å². The van der Waals surface area contributed by atoms with E-state index in [-0.39, 0.29) is 23.5 Å². The molecule has 0 spiro atoms. The molecular formula is C18H26N2O4S. The van der Waals surface area contributed by atoms with Gasteiger partial charge in [-0.25, -0.2) is 8.42 Å². The van der Waals surface area contributed by atoms with Crippen molar-refractivity contribution in [2.24, 2.45) is 5.92 Å². The van der Waals surface area contributed by atoms with Gasteiger partial charge < -0.3 is 10.1 Å². The Bertz CT molecular complexity index is 741. The number of nitrogens with one attached hydrogen (secondary N) is 1. The fourth-order valence-corrected chi connectivity index (χ4v) is 5.08. The maximum atomic E-state index is 13.0. The number of nitrogens with zero attached hydrogens (tertiary/aromatic N) is 1. The molecule has 1 aromatic carbocycles. The van der Waals surface area contributed by atoms with E-state index in [0.29, 0.717) is 17.4 Å². The predicted molar refractivity (Wildman–Crippen MR) is 96.2 cm³/mol. The molecule has 25 heavy (non-hydrogen) atoms. The van der Waals surface area contributed by atoms with E-state index < -0.39 is 10.0 Å². The summed E-state index contributed by atoms with van der Waals surface area (Å²) >= 11 is 0. The number of carbonyl (C=O) groups excluding carboxylic acids is 1. The molecule has 1 N–H and O–H groups in total. The summed E-state index contributed by atoms with van der Waals surface area (Å²) in [5.41, 5.74) is 0.408. The lowest BCUT2D eigenvalue weighted by Crippen LogP contribution is -2.36. The fourth-order valence-electron chi connectivity index (χ4n) is 3.68. The van der Waals surface area contributed by atoms with Crippen molar-refractivity contribution in [2.45, 2.75) is 56.4 Å². The molecule has 1 amide bonds. The largest absolute Gasteiger partial charge is 0.482 e. The van der Waals surface area contributed by atoms with Gasteiger partial charge in [-0.05, 0) is 37.5 Å². The number of hydrogen-bond donors (Lipinski definition) is 1. The van der Waals surface area contributed by atoms with Gasteiger partial charge in [0.1, 0.15) is 5.75 Å². The second-order valence-electron chi connectivity index (χ2n) is 7.10. The maximum absolute atomic E-state index is 13.0. The van der Waals surface area contributed by atoms with Crippen molar-refractivity contribution in [3.63, 3.8) is 0 Å². The van der Waals surface area contributed by atoms with Crippen LogP contribution >= 0.6 is 0 Å². The van der Waals surface area contributed by atoms with Gasteiger partial charge in [-0.3, -0.25) is 4.79 Å². The zero-order chi connectivity index (χ0) is 18.0. The average molecular weight is 366 g/mol. The highest BCUT2D eigenvalue weighted by Gasteiger charge is 2.29. The molecule has 3 rings (SSSR count). The number of amides is 1. The summed E-state index contributed by atoms with van der Waals surface area (Å²) in [6.45, 7) is 1.92. The molecule has 0 saturated heterocycles. The van der Waals surface area contributed by atoms with Crippen molar-refractivity contribution >= 4 is 21.6 Å². The van der Waals surface area contributed by atoms with Crippen LogP contribution in [0.2, 0.25) is 0 Å². The number of hydrogen-bond acceptors (Lipinski definition) is 4. The highest BCUT2D eigenvalue weighted by atomic mass is 32.2. The lowest BCUT2D eigenvalue weighted by molar-refractivity contribution is -0.118. The third-order valence-electron chi connectivity index (χ3n) is 5.28. The number of benzene rings is 1. The maximum Gasteiger partial charge on any atom is 0.262 e. The van der Waals surface area contributed by atoms with Crippen LogP contribution in [0.1, 0.15) is 45.4 Å². The van der Waals surface area contributed by atoms with Gasteiger partial charge in [-0.2, -0.15) is 4.31 Å². The van der Waals surface area contributed by atoms with E-state index in [0.717, 1.165) is 6.42 Å². The van der Waals surface area contributed by atoms with Crippen LogP contribution in [0.3, 0.4) is 0 Å². The van der Waals surface area contributed by atoms with Gasteiger partial charge in [0, 0.05) is 13.1 Å². The Balaban J connectivity index is 1.75. The highest BCUT2D eigenvalue weighted by molar-refractivity contribution is 7.89. The standard InChI is InChI=1S/C18H26N2O4S/c1-13(10-14-6-4-3-5-7-14)20(2)25(22,23)15-8-9-17-16(11-15)19-18(21)12-24-17/h8-9,11,13-14H,3-7,10,12H2,1-2H3,(H,19,21)/t13-/m0/s1. The monoisotopic (exact) mass is 366 g/mol. The summed E-state index contributed by atoms with van der Waals surface area (Å²) in [5, 5.41) is 2.66. The fraction of sp³-hybridized carbons (Fsp3) is 0.611. The van der Waals surface area contributed by atoms with E-state index in [1.165, 1.54) is 48.5 Å². The first-order chi connectivity index (χ1) is 11.9. The minimum Gasteiger partial charge on any atom is -0.482 e. The summed E-state index contributed by atoms with van der Waals surface area (Å²) in [5.74, 6) is 0.829. The first-order valence-electron chi connectivity index (χ1n) is 8.92. The van der Waals surface area contributed by atoms with Crippen LogP contribution in [-0.2, 0) is 14.8 Å². The number of carbonyl (C=O) groups is 1. The Morgan fingerprint density at radius 1 is 1.28 bits per heavy atom. The van der Waals surface area contributed by atoms with E-state index >= 15 is 0 Å². The first-order valence-corrected chi connectivity index (χ1v) is 10.4. The summed E-state index contributed by atoms with van der Waals surface area (Å²) < 4.78 is 32.7. The molecule has 1 aromatic rings. The van der Waals surface area contributed by atoms with Gasteiger partial charge in [-0.1, -0.05) is 32.1 Å². The number of fused-ring (bicyclic) bond motifs is 1. The van der Waals surface area contributed by atoms with Crippen molar-refractivity contribution in [1.29, 1.82) is 0 Å². The zero-order valence-electron chi connectivity index (χ0n) is 14.8. The van der Waals surface area contributed by atoms with Crippen LogP contribution in [0, 0.1) is 5.92 Å². The van der Waals surface area contributed by atoms with Crippen molar-refractivity contribution in [3.8, 4) is 5.75 Å². The predicted octanol–water partition coefficient (Wildman–Crippen LogP) is 3.00. The number of ether oxygens (including phenoxy) is 1. The minimum absolute atomic E-state index is 0.0442. The Morgan fingerprint density at radius 3 is 2.72 bits per heavy atom. The van der Waals surface area contributed by atoms with Crippen LogP contribution in [-0.4, -0.2) is 38.3 Å². The van der Waals surface area contributed by atoms with Gasteiger partial charge in [0.15, 0.2) is 6.61 Å². The second kappa shape index (κ2) is 7.33. The molecule has 1 atom stereocenters. The van der Waals surface area contributed by atoms with Crippen LogP contribution < -0.4 is 10.1 Å². The highest BCUT2D eigenvalue weighted by Crippen LogP contribution is 2.33. The molecule has 0 unspecified atom stereocenters. The molecular weight excluding hydrogens is 340 g/mol. The minimum atomic E-state index is -3.61. The van der Waals surface area contributed by atoms with Crippen molar-refractivity contribution in [2.75, 3.05) is 19.0 Å². The van der Waals surface area contributed by atoms with E-state index in [1.54, 1.807) is 13.1 Å². The molecule has 0 radical (unpaired) electrons. The molecule has 1 fully saturated rings. The summed E-state index contributed by atoms with van der Waals surface area (Å²) in [6.07, 6.45) is 7.07. The molecule has 1 heterocycles. The molecule has 6 nitrogen and oxygen atoms in total. The van der Waals surface area contributed by atoms with E-state index in [9.17, 15) is 13.2 Å². The molecule has 138 valence electrons. The molecule has 1 aliphatic heterocycles. The van der Waals surface area contributed by atoms with Gasteiger partial charge in [0.05, 0.1) is 10.6 Å². The van der Waals surface area contributed by atoms with Gasteiger partial charge in [0.25, 0.3) is 5.91 Å². The normalized spacial score (nSPS) is 19.9. The Morgan fingerprint density at radius 2 is 2.00 bits per heavy atom. The Labute approximate surface area is 149 Å². The average Bonchev–Trinajstić information content (AvgIpc) is 2.61. The van der Waals surface area contributed by atoms with E-state index in [2.05, 4.69) is 5.32 Å². The zero-order valence-corrected chi connectivity index (χ0v) is 15.6. The third-order valence-corrected chi connectivity index (χ3v) is 7.25. The molecule has 7 heteroatoms. The molecule has 0 bridgehead atoms.